The van der Waals surface area contributed by atoms with Gasteiger partial charge in [0.05, 0.1) is 0 Å². The maximum Gasteiger partial charge on any atom is 0.0476 e. The molecule has 1 saturated carbocycles. The first-order chi connectivity index (χ1) is 7.77. The Labute approximate surface area is 101 Å². The Bertz CT molecular complexity index is 172. The fourth-order valence-corrected chi connectivity index (χ4v) is 2.81. The molecule has 0 aromatic heterocycles. The molecule has 0 bridgehead atoms. The minimum Gasteiger partial charge on any atom is -0.385 e. The van der Waals surface area contributed by atoms with Gasteiger partial charge < -0.3 is 10.1 Å². The van der Waals surface area contributed by atoms with E-state index < -0.39 is 0 Å². The summed E-state index contributed by atoms with van der Waals surface area (Å²) in [6.45, 7) is 5.45. The fraction of sp³-hybridized carbons (Fsp3) is 1.00. The van der Waals surface area contributed by atoms with Crippen molar-refractivity contribution < 1.29 is 4.74 Å². The van der Waals surface area contributed by atoms with E-state index in [1.165, 1.54) is 38.5 Å². The molecular weight excluding hydrogens is 198 g/mol. The van der Waals surface area contributed by atoms with E-state index in [2.05, 4.69) is 19.2 Å². The van der Waals surface area contributed by atoms with E-state index in [4.69, 9.17) is 4.74 Å². The van der Waals surface area contributed by atoms with E-state index in [0.29, 0.717) is 6.04 Å². The van der Waals surface area contributed by atoms with Crippen LogP contribution in [-0.4, -0.2) is 25.8 Å². The molecule has 0 spiro atoms. The van der Waals surface area contributed by atoms with E-state index in [-0.39, 0.29) is 0 Å². The molecule has 16 heavy (non-hydrogen) atoms. The molecule has 96 valence electrons. The second-order valence-corrected chi connectivity index (χ2v) is 5.29. The molecule has 3 unspecified atom stereocenters. The van der Waals surface area contributed by atoms with Crippen LogP contribution in [0.15, 0.2) is 0 Å². The van der Waals surface area contributed by atoms with Crippen molar-refractivity contribution in [3.63, 3.8) is 0 Å². The van der Waals surface area contributed by atoms with Crippen LogP contribution in [0.3, 0.4) is 0 Å². The number of hydrogen-bond acceptors (Lipinski definition) is 2. The molecule has 0 saturated heterocycles. The van der Waals surface area contributed by atoms with Crippen LogP contribution < -0.4 is 5.32 Å². The predicted octanol–water partition coefficient (Wildman–Crippen LogP) is 3.36. The molecule has 0 aromatic rings. The second-order valence-electron chi connectivity index (χ2n) is 5.29. The zero-order chi connectivity index (χ0) is 11.8. The summed E-state index contributed by atoms with van der Waals surface area (Å²) in [6.07, 6.45) is 9.53. The average molecular weight is 227 g/mol. The van der Waals surface area contributed by atoms with Crippen molar-refractivity contribution in [2.24, 2.45) is 5.92 Å². The Morgan fingerprint density at radius 2 is 2.19 bits per heavy atom. The van der Waals surface area contributed by atoms with Crippen LogP contribution in [0.2, 0.25) is 0 Å². The highest BCUT2D eigenvalue weighted by atomic mass is 16.5. The summed E-state index contributed by atoms with van der Waals surface area (Å²) in [6, 6.07) is 1.38. The SMILES string of the molecule is CCCCC1CCCC1NC(C)CCOC. The van der Waals surface area contributed by atoms with Gasteiger partial charge in [0.2, 0.25) is 0 Å². The largest absolute Gasteiger partial charge is 0.385 e. The van der Waals surface area contributed by atoms with Gasteiger partial charge in [-0.1, -0.05) is 26.2 Å². The van der Waals surface area contributed by atoms with Gasteiger partial charge in [0.1, 0.15) is 0 Å². The molecule has 1 aliphatic rings. The molecule has 0 radical (unpaired) electrons. The van der Waals surface area contributed by atoms with E-state index in [9.17, 15) is 0 Å². The highest BCUT2D eigenvalue weighted by molar-refractivity contribution is 4.84. The highest BCUT2D eigenvalue weighted by Gasteiger charge is 2.27. The van der Waals surface area contributed by atoms with Crippen LogP contribution in [0.1, 0.15) is 58.8 Å². The van der Waals surface area contributed by atoms with Crippen LogP contribution in [0.4, 0.5) is 0 Å². The molecule has 1 N–H and O–H groups in total. The lowest BCUT2D eigenvalue weighted by Gasteiger charge is -2.25. The third-order valence-electron chi connectivity index (χ3n) is 3.84. The predicted molar refractivity (Wildman–Crippen MR) is 69.7 cm³/mol. The maximum atomic E-state index is 5.13. The topological polar surface area (TPSA) is 21.3 Å². The van der Waals surface area contributed by atoms with Gasteiger partial charge in [-0.2, -0.15) is 0 Å². The molecule has 0 aromatic carbocycles. The highest BCUT2D eigenvalue weighted by Crippen LogP contribution is 2.30. The molecule has 1 fully saturated rings. The van der Waals surface area contributed by atoms with Crippen LogP contribution >= 0.6 is 0 Å². The van der Waals surface area contributed by atoms with E-state index in [1.54, 1.807) is 7.11 Å². The minimum atomic E-state index is 0.604. The summed E-state index contributed by atoms with van der Waals surface area (Å²) in [4.78, 5) is 0. The molecule has 3 atom stereocenters. The van der Waals surface area contributed by atoms with Gasteiger partial charge in [-0.3, -0.25) is 0 Å². The van der Waals surface area contributed by atoms with Crippen molar-refractivity contribution in [1.29, 1.82) is 0 Å². The van der Waals surface area contributed by atoms with Crippen molar-refractivity contribution in [3.8, 4) is 0 Å². The molecule has 2 nitrogen and oxygen atoms in total. The van der Waals surface area contributed by atoms with Crippen molar-refractivity contribution in [3.05, 3.63) is 0 Å². The Morgan fingerprint density at radius 1 is 1.38 bits per heavy atom. The molecule has 1 aliphatic carbocycles. The number of unbranched alkanes of at least 4 members (excludes halogenated alkanes) is 1. The Hall–Kier alpha value is -0.0800. The first-order valence-electron chi connectivity index (χ1n) is 7.03. The van der Waals surface area contributed by atoms with E-state index in [0.717, 1.165) is 25.0 Å². The zero-order valence-electron chi connectivity index (χ0n) is 11.3. The summed E-state index contributed by atoms with van der Waals surface area (Å²) in [5, 5.41) is 3.79. The van der Waals surface area contributed by atoms with Gasteiger partial charge >= 0.3 is 0 Å². The molecular formula is C14H29NO. The number of methoxy groups -OCH3 is 1. The van der Waals surface area contributed by atoms with Crippen molar-refractivity contribution in [1.82, 2.24) is 5.32 Å². The second kappa shape index (κ2) is 8.08. The lowest BCUT2D eigenvalue weighted by atomic mass is 9.96. The lowest BCUT2D eigenvalue weighted by molar-refractivity contribution is 0.180. The number of hydrogen-bond donors (Lipinski definition) is 1. The minimum absolute atomic E-state index is 0.604. The Kier molecular flexibility index (Phi) is 7.06. The van der Waals surface area contributed by atoms with Crippen LogP contribution in [0.5, 0.6) is 0 Å². The molecule has 0 aliphatic heterocycles. The van der Waals surface area contributed by atoms with E-state index >= 15 is 0 Å². The zero-order valence-corrected chi connectivity index (χ0v) is 11.3. The Balaban J connectivity index is 2.22. The summed E-state index contributed by atoms with van der Waals surface area (Å²) >= 11 is 0. The monoisotopic (exact) mass is 227 g/mol. The van der Waals surface area contributed by atoms with Crippen molar-refractivity contribution in [2.75, 3.05) is 13.7 Å². The third kappa shape index (κ3) is 4.84. The van der Waals surface area contributed by atoms with Gasteiger partial charge in [0.25, 0.3) is 0 Å². The van der Waals surface area contributed by atoms with Crippen LogP contribution in [-0.2, 0) is 4.74 Å². The standard InChI is InChI=1S/C14H29NO/c1-4-5-7-13-8-6-9-14(13)15-12(2)10-11-16-3/h12-15H,4-11H2,1-3H3. The number of rotatable bonds is 8. The van der Waals surface area contributed by atoms with Crippen molar-refractivity contribution >= 4 is 0 Å². The van der Waals surface area contributed by atoms with Crippen LogP contribution in [0.25, 0.3) is 0 Å². The van der Waals surface area contributed by atoms with Gasteiger partial charge in [0.15, 0.2) is 0 Å². The smallest absolute Gasteiger partial charge is 0.0476 e. The van der Waals surface area contributed by atoms with Crippen LogP contribution in [0, 0.1) is 5.92 Å². The van der Waals surface area contributed by atoms with Gasteiger partial charge in [-0.05, 0) is 38.5 Å². The molecule has 1 rings (SSSR count). The molecule has 0 amide bonds. The van der Waals surface area contributed by atoms with Gasteiger partial charge in [-0.25, -0.2) is 0 Å². The first kappa shape index (κ1) is 14.0. The number of ether oxygens (including phenoxy) is 1. The fourth-order valence-electron chi connectivity index (χ4n) is 2.81. The third-order valence-corrected chi connectivity index (χ3v) is 3.84. The van der Waals surface area contributed by atoms with Gasteiger partial charge in [0, 0.05) is 25.8 Å². The average Bonchev–Trinajstić information content (AvgIpc) is 2.71. The lowest BCUT2D eigenvalue weighted by Crippen LogP contribution is -2.39. The Morgan fingerprint density at radius 3 is 2.88 bits per heavy atom. The van der Waals surface area contributed by atoms with Crippen molar-refractivity contribution in [2.45, 2.75) is 70.9 Å². The quantitative estimate of drug-likeness (QED) is 0.686. The summed E-state index contributed by atoms with van der Waals surface area (Å²) in [5.74, 6) is 0.935. The summed E-state index contributed by atoms with van der Waals surface area (Å²) < 4.78 is 5.13. The number of nitrogens with one attached hydrogen (secondary N) is 1. The normalized spacial score (nSPS) is 27.2. The summed E-state index contributed by atoms with van der Waals surface area (Å²) in [5.41, 5.74) is 0. The first-order valence-corrected chi connectivity index (χ1v) is 7.03. The van der Waals surface area contributed by atoms with E-state index in [1.807, 2.05) is 0 Å². The summed E-state index contributed by atoms with van der Waals surface area (Å²) in [7, 11) is 1.78. The molecule has 2 heteroatoms. The maximum absolute atomic E-state index is 5.13. The van der Waals surface area contributed by atoms with Gasteiger partial charge in [-0.15, -0.1) is 0 Å². The molecule has 0 heterocycles.